The van der Waals surface area contributed by atoms with Gasteiger partial charge < -0.3 is 14.8 Å². The van der Waals surface area contributed by atoms with Gasteiger partial charge in [-0.15, -0.1) is 0 Å². The quantitative estimate of drug-likeness (QED) is 0.798. The molecule has 7 heteroatoms. The van der Waals surface area contributed by atoms with Gasteiger partial charge in [0.15, 0.2) is 11.5 Å². The third kappa shape index (κ3) is 4.66. The molecule has 1 aliphatic carbocycles. The minimum Gasteiger partial charge on any atom is -0.486 e. The SMILES string of the molecule is Cc1cc(C[C@H]2CCC[C@@H]3CN(CC(=O)Nc4ccc5c(c4)OCCO5)C[C@H]23)ncn1. The number of hydrogen-bond acceptors (Lipinski definition) is 6. The van der Waals surface area contributed by atoms with Crippen molar-refractivity contribution in [3.8, 4) is 11.5 Å². The van der Waals surface area contributed by atoms with Crippen LogP contribution < -0.4 is 14.8 Å². The molecule has 5 rings (SSSR count). The van der Waals surface area contributed by atoms with Crippen molar-refractivity contribution in [2.45, 2.75) is 32.6 Å². The number of hydrogen-bond donors (Lipinski definition) is 1. The molecular formula is C24H30N4O3. The molecule has 3 heterocycles. The Bertz CT molecular complexity index is 950. The molecule has 1 aromatic heterocycles. The van der Waals surface area contributed by atoms with Crippen LogP contribution in [0.25, 0.3) is 0 Å². The number of rotatable bonds is 5. The van der Waals surface area contributed by atoms with E-state index < -0.39 is 0 Å². The second-order valence-corrected chi connectivity index (χ2v) is 9.07. The van der Waals surface area contributed by atoms with Gasteiger partial charge in [0.05, 0.1) is 6.54 Å². The number of nitrogens with zero attached hydrogens (tertiary/aromatic N) is 3. The first-order chi connectivity index (χ1) is 15.1. The zero-order valence-electron chi connectivity index (χ0n) is 18.0. The maximum Gasteiger partial charge on any atom is 0.238 e. The standard InChI is InChI=1S/C24H30N4O3/c1-16-9-20(26-15-25-16)10-17-3-2-4-18-12-28(13-21(17)18)14-24(29)27-19-5-6-22-23(11-19)31-8-7-30-22/h5-6,9,11,15,17-18,21H,2-4,7-8,10,12-14H2,1H3,(H,27,29)/t17-,18-,21-/m1/s1. The zero-order chi connectivity index (χ0) is 21.2. The molecule has 0 unspecified atom stereocenters. The molecule has 0 bridgehead atoms. The predicted octanol–water partition coefficient (Wildman–Crippen LogP) is 3.09. The molecule has 31 heavy (non-hydrogen) atoms. The van der Waals surface area contributed by atoms with Gasteiger partial charge in [0.25, 0.3) is 0 Å². The first-order valence-electron chi connectivity index (χ1n) is 11.3. The van der Waals surface area contributed by atoms with Gasteiger partial charge in [-0.25, -0.2) is 9.97 Å². The predicted molar refractivity (Wildman–Crippen MR) is 117 cm³/mol. The van der Waals surface area contributed by atoms with Crippen LogP contribution in [0, 0.1) is 24.7 Å². The maximum atomic E-state index is 12.7. The van der Waals surface area contributed by atoms with Crippen molar-refractivity contribution in [2.75, 3.05) is 38.2 Å². The number of carbonyl (C=O) groups is 1. The van der Waals surface area contributed by atoms with E-state index in [2.05, 4.69) is 26.3 Å². The number of fused-ring (bicyclic) bond motifs is 2. The van der Waals surface area contributed by atoms with Crippen molar-refractivity contribution >= 4 is 11.6 Å². The number of likely N-dealkylation sites (tertiary alicyclic amines) is 1. The van der Waals surface area contributed by atoms with Crippen molar-refractivity contribution in [3.05, 3.63) is 42.0 Å². The van der Waals surface area contributed by atoms with Gasteiger partial charge in [0, 0.05) is 36.2 Å². The van der Waals surface area contributed by atoms with Crippen LogP contribution in [0.4, 0.5) is 5.69 Å². The second-order valence-electron chi connectivity index (χ2n) is 9.07. The normalized spacial score (nSPS) is 25.1. The average molecular weight is 423 g/mol. The fourth-order valence-corrected chi connectivity index (χ4v) is 5.48. The molecule has 1 aromatic carbocycles. The maximum absolute atomic E-state index is 12.7. The monoisotopic (exact) mass is 422 g/mol. The van der Waals surface area contributed by atoms with Crippen LogP contribution in [-0.2, 0) is 11.2 Å². The topological polar surface area (TPSA) is 76.6 Å². The molecule has 164 valence electrons. The molecule has 1 N–H and O–H groups in total. The van der Waals surface area contributed by atoms with Gasteiger partial charge in [0.2, 0.25) is 5.91 Å². The molecule has 3 aliphatic rings. The highest BCUT2D eigenvalue weighted by molar-refractivity contribution is 5.92. The highest BCUT2D eigenvalue weighted by Gasteiger charge is 2.40. The number of ether oxygens (including phenoxy) is 2. The summed E-state index contributed by atoms with van der Waals surface area (Å²) in [6.07, 6.45) is 6.48. The van der Waals surface area contributed by atoms with Crippen LogP contribution in [-0.4, -0.2) is 53.6 Å². The van der Waals surface area contributed by atoms with E-state index in [0.717, 1.165) is 42.3 Å². The van der Waals surface area contributed by atoms with Crippen LogP contribution in [0.3, 0.4) is 0 Å². The highest BCUT2D eigenvalue weighted by Crippen LogP contribution is 2.41. The number of carbonyl (C=O) groups excluding carboxylic acids is 1. The molecule has 3 atom stereocenters. The largest absolute Gasteiger partial charge is 0.486 e. The van der Waals surface area contributed by atoms with E-state index in [9.17, 15) is 4.79 Å². The molecule has 7 nitrogen and oxygen atoms in total. The van der Waals surface area contributed by atoms with Crippen LogP contribution in [0.15, 0.2) is 30.6 Å². The van der Waals surface area contributed by atoms with E-state index in [1.54, 1.807) is 6.33 Å². The van der Waals surface area contributed by atoms with Gasteiger partial charge in [-0.3, -0.25) is 9.69 Å². The summed E-state index contributed by atoms with van der Waals surface area (Å²) < 4.78 is 11.2. The number of benzene rings is 1. The summed E-state index contributed by atoms with van der Waals surface area (Å²) in [7, 11) is 0. The summed E-state index contributed by atoms with van der Waals surface area (Å²) in [4.78, 5) is 23.7. The molecular weight excluding hydrogens is 392 g/mol. The summed E-state index contributed by atoms with van der Waals surface area (Å²) >= 11 is 0. The van der Waals surface area contributed by atoms with Crippen molar-refractivity contribution in [2.24, 2.45) is 17.8 Å². The van der Waals surface area contributed by atoms with Crippen LogP contribution >= 0.6 is 0 Å². The average Bonchev–Trinajstić information content (AvgIpc) is 3.17. The van der Waals surface area contributed by atoms with E-state index in [1.165, 1.54) is 19.3 Å². The van der Waals surface area contributed by atoms with Gasteiger partial charge in [-0.2, -0.15) is 0 Å². The molecule has 2 fully saturated rings. The Morgan fingerprint density at radius 2 is 2.00 bits per heavy atom. The van der Waals surface area contributed by atoms with E-state index in [4.69, 9.17) is 9.47 Å². The third-order valence-corrected chi connectivity index (χ3v) is 6.85. The summed E-state index contributed by atoms with van der Waals surface area (Å²) in [5.74, 6) is 3.42. The first-order valence-corrected chi connectivity index (χ1v) is 11.3. The zero-order valence-corrected chi connectivity index (χ0v) is 18.0. The molecule has 2 aromatic rings. The van der Waals surface area contributed by atoms with Crippen molar-refractivity contribution < 1.29 is 14.3 Å². The minimum absolute atomic E-state index is 0.0262. The van der Waals surface area contributed by atoms with Crippen LogP contribution in [0.2, 0.25) is 0 Å². The Morgan fingerprint density at radius 3 is 2.87 bits per heavy atom. The van der Waals surface area contributed by atoms with Gasteiger partial charge in [-0.05, 0) is 62.1 Å². The summed E-state index contributed by atoms with van der Waals surface area (Å²) in [5.41, 5.74) is 2.93. The van der Waals surface area contributed by atoms with Crippen LogP contribution in [0.5, 0.6) is 11.5 Å². The lowest BCUT2D eigenvalue weighted by Crippen LogP contribution is -2.32. The van der Waals surface area contributed by atoms with E-state index in [-0.39, 0.29) is 5.91 Å². The number of anilines is 1. The number of aryl methyl sites for hydroxylation is 1. The van der Waals surface area contributed by atoms with E-state index in [0.29, 0.717) is 43.3 Å². The summed E-state index contributed by atoms with van der Waals surface area (Å²) in [6.45, 7) is 5.56. The Kier molecular flexibility index (Phi) is 5.76. The fourth-order valence-electron chi connectivity index (χ4n) is 5.48. The van der Waals surface area contributed by atoms with Gasteiger partial charge in [0.1, 0.15) is 19.5 Å². The summed E-state index contributed by atoms with van der Waals surface area (Å²) in [5, 5.41) is 3.02. The molecule has 0 radical (unpaired) electrons. The smallest absolute Gasteiger partial charge is 0.238 e. The summed E-state index contributed by atoms with van der Waals surface area (Å²) in [6, 6.07) is 7.68. The molecule has 1 amide bonds. The van der Waals surface area contributed by atoms with Gasteiger partial charge in [-0.1, -0.05) is 6.42 Å². The van der Waals surface area contributed by atoms with Gasteiger partial charge >= 0.3 is 0 Å². The highest BCUT2D eigenvalue weighted by atomic mass is 16.6. The lowest BCUT2D eigenvalue weighted by molar-refractivity contribution is -0.117. The lowest BCUT2D eigenvalue weighted by atomic mass is 9.72. The van der Waals surface area contributed by atoms with Crippen molar-refractivity contribution in [1.29, 1.82) is 0 Å². The Labute approximate surface area is 183 Å². The minimum atomic E-state index is 0.0262. The van der Waals surface area contributed by atoms with Crippen molar-refractivity contribution in [1.82, 2.24) is 14.9 Å². The molecule has 2 aliphatic heterocycles. The third-order valence-electron chi connectivity index (χ3n) is 6.85. The van der Waals surface area contributed by atoms with E-state index >= 15 is 0 Å². The lowest BCUT2D eigenvalue weighted by Gasteiger charge is -2.33. The van der Waals surface area contributed by atoms with Crippen LogP contribution in [0.1, 0.15) is 30.7 Å². The first kappa shape index (κ1) is 20.2. The molecule has 1 saturated heterocycles. The Balaban J connectivity index is 1.18. The Hall–Kier alpha value is -2.67. The number of nitrogens with one attached hydrogen (secondary N) is 1. The second kappa shape index (κ2) is 8.83. The number of aromatic nitrogens is 2. The number of amides is 1. The van der Waals surface area contributed by atoms with Crippen molar-refractivity contribution in [3.63, 3.8) is 0 Å². The Morgan fingerprint density at radius 1 is 1.13 bits per heavy atom. The molecule has 0 spiro atoms. The molecule has 1 saturated carbocycles. The fraction of sp³-hybridized carbons (Fsp3) is 0.542. The van der Waals surface area contributed by atoms with E-state index in [1.807, 2.05) is 25.1 Å².